The maximum atomic E-state index is 12.6. The summed E-state index contributed by atoms with van der Waals surface area (Å²) in [4.78, 5) is 16.4. The zero-order valence-corrected chi connectivity index (χ0v) is 12.8. The summed E-state index contributed by atoms with van der Waals surface area (Å²) in [6.45, 7) is 2.72. The SMILES string of the molecule is N#CCCN(C(=O)CN1CCC(CO)CC1)c1ccccc1. The van der Waals surface area contributed by atoms with E-state index in [1.807, 2.05) is 30.3 Å². The van der Waals surface area contributed by atoms with Gasteiger partial charge in [0.05, 0.1) is 19.0 Å². The van der Waals surface area contributed by atoms with Crippen LogP contribution in [0, 0.1) is 17.2 Å². The quantitative estimate of drug-likeness (QED) is 0.867. The molecule has 1 fully saturated rings. The summed E-state index contributed by atoms with van der Waals surface area (Å²) in [5.41, 5.74) is 0.841. The Morgan fingerprint density at radius 1 is 1.32 bits per heavy atom. The van der Waals surface area contributed by atoms with Crippen LogP contribution >= 0.6 is 0 Å². The molecule has 5 heteroatoms. The van der Waals surface area contributed by atoms with Crippen LogP contribution in [0.5, 0.6) is 0 Å². The highest BCUT2D eigenvalue weighted by Gasteiger charge is 2.23. The Kier molecular flexibility index (Phi) is 6.38. The summed E-state index contributed by atoms with van der Waals surface area (Å²) in [7, 11) is 0. The Hall–Kier alpha value is -1.90. The number of carbonyl (C=O) groups excluding carboxylic acids is 1. The van der Waals surface area contributed by atoms with Gasteiger partial charge >= 0.3 is 0 Å². The van der Waals surface area contributed by atoms with Crippen molar-refractivity contribution >= 4 is 11.6 Å². The van der Waals surface area contributed by atoms with E-state index in [2.05, 4.69) is 11.0 Å². The van der Waals surface area contributed by atoms with Gasteiger partial charge in [-0.25, -0.2) is 0 Å². The third-order valence-electron chi connectivity index (χ3n) is 4.14. The van der Waals surface area contributed by atoms with Crippen LogP contribution in [0.1, 0.15) is 19.3 Å². The fourth-order valence-electron chi connectivity index (χ4n) is 2.77. The summed E-state index contributed by atoms with van der Waals surface area (Å²) in [6.07, 6.45) is 2.20. The molecular weight excluding hydrogens is 278 g/mol. The Labute approximate surface area is 131 Å². The Balaban J connectivity index is 1.96. The summed E-state index contributed by atoms with van der Waals surface area (Å²) >= 11 is 0. The van der Waals surface area contributed by atoms with Crippen LogP contribution in [0.15, 0.2) is 30.3 Å². The summed E-state index contributed by atoms with van der Waals surface area (Å²) < 4.78 is 0. The minimum atomic E-state index is 0.0314. The molecule has 118 valence electrons. The smallest absolute Gasteiger partial charge is 0.241 e. The zero-order chi connectivity index (χ0) is 15.8. The van der Waals surface area contributed by atoms with Crippen molar-refractivity contribution in [3.63, 3.8) is 0 Å². The van der Waals surface area contributed by atoms with E-state index in [0.717, 1.165) is 31.6 Å². The molecule has 0 radical (unpaired) electrons. The third-order valence-corrected chi connectivity index (χ3v) is 4.14. The maximum Gasteiger partial charge on any atom is 0.241 e. The lowest BCUT2D eigenvalue weighted by Gasteiger charge is -2.32. The monoisotopic (exact) mass is 301 g/mol. The second-order valence-electron chi connectivity index (χ2n) is 5.69. The van der Waals surface area contributed by atoms with E-state index in [0.29, 0.717) is 25.4 Å². The molecule has 0 aliphatic carbocycles. The Morgan fingerprint density at radius 2 is 2.00 bits per heavy atom. The molecule has 1 aromatic carbocycles. The molecule has 2 rings (SSSR count). The van der Waals surface area contributed by atoms with Gasteiger partial charge in [0.15, 0.2) is 0 Å². The molecule has 1 N–H and O–H groups in total. The average molecular weight is 301 g/mol. The van der Waals surface area contributed by atoms with Gasteiger partial charge in [0.2, 0.25) is 5.91 Å². The number of piperidine rings is 1. The molecule has 5 nitrogen and oxygen atoms in total. The van der Waals surface area contributed by atoms with E-state index in [4.69, 9.17) is 10.4 Å². The van der Waals surface area contributed by atoms with Gasteiger partial charge in [-0.05, 0) is 44.0 Å². The first-order valence-electron chi connectivity index (χ1n) is 7.80. The number of nitrogens with zero attached hydrogens (tertiary/aromatic N) is 3. The van der Waals surface area contributed by atoms with Crippen molar-refractivity contribution in [3.8, 4) is 6.07 Å². The van der Waals surface area contributed by atoms with Gasteiger partial charge < -0.3 is 10.0 Å². The second kappa shape index (κ2) is 8.52. The van der Waals surface area contributed by atoms with Crippen LogP contribution in [0.4, 0.5) is 5.69 Å². The number of hydrogen-bond donors (Lipinski definition) is 1. The molecule has 1 saturated heterocycles. The number of aliphatic hydroxyl groups excluding tert-OH is 1. The van der Waals surface area contributed by atoms with Crippen LogP contribution in [0.2, 0.25) is 0 Å². The number of likely N-dealkylation sites (tertiary alicyclic amines) is 1. The third kappa shape index (κ3) is 4.55. The predicted molar refractivity (Wildman–Crippen MR) is 85.3 cm³/mol. The van der Waals surface area contributed by atoms with E-state index in [-0.39, 0.29) is 12.5 Å². The fraction of sp³-hybridized carbons (Fsp3) is 0.529. The molecule has 0 aromatic heterocycles. The van der Waals surface area contributed by atoms with Crippen molar-refractivity contribution in [2.45, 2.75) is 19.3 Å². The van der Waals surface area contributed by atoms with Crippen molar-refractivity contribution in [2.75, 3.05) is 37.7 Å². The highest BCUT2D eigenvalue weighted by atomic mass is 16.3. The summed E-state index contributed by atoms with van der Waals surface area (Å²) in [5, 5.41) is 18.0. The van der Waals surface area contributed by atoms with Gasteiger partial charge in [-0.3, -0.25) is 9.69 Å². The second-order valence-corrected chi connectivity index (χ2v) is 5.69. The number of nitriles is 1. The minimum absolute atomic E-state index is 0.0314. The highest BCUT2D eigenvalue weighted by molar-refractivity contribution is 5.94. The fourth-order valence-corrected chi connectivity index (χ4v) is 2.77. The molecule has 1 amide bonds. The Bertz CT molecular complexity index is 504. The van der Waals surface area contributed by atoms with Gasteiger partial charge in [-0.15, -0.1) is 0 Å². The van der Waals surface area contributed by atoms with E-state index in [1.54, 1.807) is 4.90 Å². The number of benzene rings is 1. The van der Waals surface area contributed by atoms with Crippen molar-refractivity contribution in [1.82, 2.24) is 4.90 Å². The van der Waals surface area contributed by atoms with E-state index in [9.17, 15) is 4.79 Å². The van der Waals surface area contributed by atoms with Gasteiger partial charge in [0.1, 0.15) is 0 Å². The van der Waals surface area contributed by atoms with Crippen molar-refractivity contribution in [1.29, 1.82) is 5.26 Å². The molecule has 22 heavy (non-hydrogen) atoms. The number of rotatable bonds is 6. The lowest BCUT2D eigenvalue weighted by Crippen LogP contribution is -2.44. The lowest BCUT2D eigenvalue weighted by atomic mass is 9.98. The van der Waals surface area contributed by atoms with E-state index in [1.165, 1.54) is 0 Å². The van der Waals surface area contributed by atoms with Gasteiger partial charge in [-0.1, -0.05) is 18.2 Å². The number of aliphatic hydroxyl groups is 1. The molecule has 0 bridgehead atoms. The summed E-state index contributed by atoms with van der Waals surface area (Å²) in [5.74, 6) is 0.402. The number of carbonyl (C=O) groups is 1. The molecule has 0 atom stereocenters. The van der Waals surface area contributed by atoms with Gasteiger partial charge in [0.25, 0.3) is 0 Å². The molecule has 1 aliphatic heterocycles. The van der Waals surface area contributed by atoms with Crippen molar-refractivity contribution < 1.29 is 9.90 Å². The zero-order valence-electron chi connectivity index (χ0n) is 12.8. The predicted octanol–water partition coefficient (Wildman–Crippen LogP) is 1.64. The number of amides is 1. The van der Waals surface area contributed by atoms with E-state index < -0.39 is 0 Å². The van der Waals surface area contributed by atoms with Crippen LogP contribution in [0.3, 0.4) is 0 Å². The Morgan fingerprint density at radius 3 is 2.59 bits per heavy atom. The topological polar surface area (TPSA) is 67.6 Å². The minimum Gasteiger partial charge on any atom is -0.396 e. The molecule has 1 aliphatic rings. The maximum absolute atomic E-state index is 12.6. The van der Waals surface area contributed by atoms with Crippen LogP contribution in [0.25, 0.3) is 0 Å². The molecule has 1 heterocycles. The molecule has 0 spiro atoms. The van der Waals surface area contributed by atoms with E-state index >= 15 is 0 Å². The molecule has 0 saturated carbocycles. The number of anilines is 1. The molecule has 1 aromatic rings. The standard InChI is InChI=1S/C17H23N3O2/c18-9-4-10-20(16-5-2-1-3-6-16)17(22)13-19-11-7-15(14-21)8-12-19/h1-3,5-6,15,21H,4,7-8,10-14H2. The average Bonchev–Trinajstić information content (AvgIpc) is 2.57. The van der Waals surface area contributed by atoms with Crippen LogP contribution in [-0.2, 0) is 4.79 Å². The summed E-state index contributed by atoms with van der Waals surface area (Å²) in [6, 6.07) is 11.6. The van der Waals surface area contributed by atoms with Crippen LogP contribution in [-0.4, -0.2) is 48.7 Å². The normalized spacial score (nSPS) is 16.2. The van der Waals surface area contributed by atoms with Crippen LogP contribution < -0.4 is 4.90 Å². The first kappa shape index (κ1) is 16.5. The van der Waals surface area contributed by atoms with Crippen molar-refractivity contribution in [3.05, 3.63) is 30.3 Å². The first-order chi connectivity index (χ1) is 10.7. The highest BCUT2D eigenvalue weighted by Crippen LogP contribution is 2.18. The van der Waals surface area contributed by atoms with Crippen molar-refractivity contribution in [2.24, 2.45) is 5.92 Å². The lowest BCUT2D eigenvalue weighted by molar-refractivity contribution is -0.120. The first-order valence-corrected chi connectivity index (χ1v) is 7.80. The van der Waals surface area contributed by atoms with Gasteiger partial charge in [0, 0.05) is 18.8 Å². The molecular formula is C17H23N3O2. The number of hydrogen-bond acceptors (Lipinski definition) is 4. The largest absolute Gasteiger partial charge is 0.396 e. The molecule has 0 unspecified atom stereocenters. The van der Waals surface area contributed by atoms with Gasteiger partial charge in [-0.2, -0.15) is 5.26 Å². The number of para-hydroxylation sites is 1.